The fraction of sp³-hybridized carbons (Fsp3) is 0.154. The average Bonchev–Trinajstić information content (AvgIpc) is 2.86. The number of rotatable bonds is 8. The second-order valence-corrected chi connectivity index (χ2v) is 7.55. The summed E-state index contributed by atoms with van der Waals surface area (Å²) in [5.41, 5.74) is 1.22. The number of anilines is 2. The fourth-order valence-corrected chi connectivity index (χ4v) is 3.46. The standard InChI is InChI=1S/C26H22F3N3O3/c1-34-23-4-2-3-5-24(23)35-15-14-31-25(33)17-6-9-19(10-7-17)32-22-12-13-30-21-11-8-18(16-20(21)22)26(27,28)29/h2-13,16H,14-15H2,1H3,(H,30,32)(H,31,33). The highest BCUT2D eigenvalue weighted by Gasteiger charge is 2.30. The predicted octanol–water partition coefficient (Wildman–Crippen LogP) is 5.81. The number of aromatic nitrogens is 1. The van der Waals surface area contributed by atoms with Crippen molar-refractivity contribution in [3.8, 4) is 11.5 Å². The molecule has 2 N–H and O–H groups in total. The molecule has 0 aliphatic carbocycles. The Hall–Kier alpha value is -4.27. The van der Waals surface area contributed by atoms with E-state index in [1.807, 2.05) is 12.1 Å². The molecule has 180 valence electrons. The summed E-state index contributed by atoms with van der Waals surface area (Å²) in [7, 11) is 1.55. The zero-order valence-corrected chi connectivity index (χ0v) is 18.7. The Morgan fingerprint density at radius 3 is 2.43 bits per heavy atom. The van der Waals surface area contributed by atoms with Crippen molar-refractivity contribution in [2.75, 3.05) is 25.6 Å². The minimum absolute atomic E-state index is 0.265. The van der Waals surface area contributed by atoms with Crippen molar-refractivity contribution in [3.63, 3.8) is 0 Å². The van der Waals surface area contributed by atoms with E-state index in [9.17, 15) is 18.0 Å². The van der Waals surface area contributed by atoms with E-state index in [-0.39, 0.29) is 12.5 Å². The van der Waals surface area contributed by atoms with Gasteiger partial charge in [0.1, 0.15) is 6.61 Å². The Morgan fingerprint density at radius 1 is 0.971 bits per heavy atom. The number of benzene rings is 3. The van der Waals surface area contributed by atoms with E-state index >= 15 is 0 Å². The largest absolute Gasteiger partial charge is 0.493 e. The van der Waals surface area contributed by atoms with Crippen molar-refractivity contribution in [3.05, 3.63) is 90.1 Å². The van der Waals surface area contributed by atoms with Crippen LogP contribution >= 0.6 is 0 Å². The van der Waals surface area contributed by atoms with Crippen LogP contribution in [0.3, 0.4) is 0 Å². The van der Waals surface area contributed by atoms with Gasteiger partial charge in [-0.25, -0.2) is 0 Å². The zero-order valence-electron chi connectivity index (χ0n) is 18.7. The van der Waals surface area contributed by atoms with Gasteiger partial charge in [-0.05, 0) is 60.7 Å². The lowest BCUT2D eigenvalue weighted by Gasteiger charge is -2.13. The summed E-state index contributed by atoms with van der Waals surface area (Å²) in [4.78, 5) is 16.6. The van der Waals surface area contributed by atoms with Crippen LogP contribution in [0.1, 0.15) is 15.9 Å². The van der Waals surface area contributed by atoms with Gasteiger partial charge in [-0.1, -0.05) is 12.1 Å². The van der Waals surface area contributed by atoms with Crippen LogP contribution in [0.4, 0.5) is 24.5 Å². The van der Waals surface area contributed by atoms with Gasteiger partial charge in [0.2, 0.25) is 0 Å². The van der Waals surface area contributed by atoms with Gasteiger partial charge in [0, 0.05) is 28.5 Å². The third kappa shape index (κ3) is 5.81. The number of nitrogens with zero attached hydrogens (tertiary/aromatic N) is 1. The maximum atomic E-state index is 13.1. The quantitative estimate of drug-likeness (QED) is 0.311. The number of halogens is 3. The first kappa shape index (κ1) is 23.9. The third-order valence-electron chi connectivity index (χ3n) is 5.21. The molecule has 0 saturated carbocycles. The number of hydrogen-bond donors (Lipinski definition) is 2. The number of fused-ring (bicyclic) bond motifs is 1. The lowest BCUT2D eigenvalue weighted by atomic mass is 10.1. The number of alkyl halides is 3. The first-order chi connectivity index (χ1) is 16.8. The molecule has 6 nitrogen and oxygen atoms in total. The van der Waals surface area contributed by atoms with Gasteiger partial charge in [-0.15, -0.1) is 0 Å². The number of carbonyl (C=O) groups is 1. The highest BCUT2D eigenvalue weighted by atomic mass is 19.4. The highest BCUT2D eigenvalue weighted by molar-refractivity contribution is 5.95. The van der Waals surface area contributed by atoms with Crippen molar-refractivity contribution >= 4 is 28.2 Å². The first-order valence-electron chi connectivity index (χ1n) is 10.7. The SMILES string of the molecule is COc1ccccc1OCCNC(=O)c1ccc(Nc2ccnc3ccc(C(F)(F)F)cc23)cc1. The van der Waals surface area contributed by atoms with Crippen molar-refractivity contribution in [2.24, 2.45) is 0 Å². The van der Waals surface area contributed by atoms with E-state index in [2.05, 4.69) is 15.6 Å². The molecule has 0 radical (unpaired) electrons. The van der Waals surface area contributed by atoms with E-state index in [1.165, 1.54) is 12.3 Å². The topological polar surface area (TPSA) is 72.5 Å². The number of amides is 1. The van der Waals surface area contributed by atoms with Crippen molar-refractivity contribution in [2.45, 2.75) is 6.18 Å². The molecule has 1 amide bonds. The Labute approximate surface area is 199 Å². The highest BCUT2D eigenvalue weighted by Crippen LogP contribution is 2.34. The van der Waals surface area contributed by atoms with Gasteiger partial charge in [-0.3, -0.25) is 9.78 Å². The molecule has 0 spiro atoms. The van der Waals surface area contributed by atoms with E-state index in [1.54, 1.807) is 49.6 Å². The molecule has 0 fully saturated rings. The van der Waals surface area contributed by atoms with Crippen LogP contribution in [0.5, 0.6) is 11.5 Å². The number of para-hydroxylation sites is 2. The molecule has 4 rings (SSSR count). The number of methoxy groups -OCH3 is 1. The first-order valence-corrected chi connectivity index (χ1v) is 10.7. The van der Waals surface area contributed by atoms with Crippen LogP contribution in [0.2, 0.25) is 0 Å². The van der Waals surface area contributed by atoms with Gasteiger partial charge >= 0.3 is 6.18 Å². The van der Waals surface area contributed by atoms with Crippen LogP contribution < -0.4 is 20.1 Å². The van der Waals surface area contributed by atoms with Gasteiger partial charge in [0.25, 0.3) is 5.91 Å². The molecule has 1 aromatic heterocycles. The molecule has 0 aliphatic heterocycles. The molecular weight excluding hydrogens is 459 g/mol. The summed E-state index contributed by atoms with van der Waals surface area (Å²) in [5.74, 6) is 0.925. The summed E-state index contributed by atoms with van der Waals surface area (Å²) < 4.78 is 50.3. The smallest absolute Gasteiger partial charge is 0.416 e. The van der Waals surface area contributed by atoms with Crippen molar-refractivity contribution in [1.29, 1.82) is 0 Å². The van der Waals surface area contributed by atoms with E-state index < -0.39 is 11.7 Å². The van der Waals surface area contributed by atoms with Crippen LogP contribution in [0, 0.1) is 0 Å². The lowest BCUT2D eigenvalue weighted by molar-refractivity contribution is -0.137. The third-order valence-corrected chi connectivity index (χ3v) is 5.21. The summed E-state index contributed by atoms with van der Waals surface area (Å²) >= 11 is 0. The molecule has 0 bridgehead atoms. The Balaban J connectivity index is 1.37. The number of hydrogen-bond acceptors (Lipinski definition) is 5. The van der Waals surface area contributed by atoms with Crippen molar-refractivity contribution < 1.29 is 27.4 Å². The summed E-state index contributed by atoms with van der Waals surface area (Å²) in [6.45, 7) is 0.558. The Kier molecular flexibility index (Phi) is 7.05. The molecule has 3 aromatic carbocycles. The number of nitrogens with one attached hydrogen (secondary N) is 2. The van der Waals surface area contributed by atoms with Crippen LogP contribution in [0.15, 0.2) is 79.0 Å². The summed E-state index contributed by atoms with van der Waals surface area (Å²) in [6.07, 6.45) is -2.93. The predicted molar refractivity (Wildman–Crippen MR) is 127 cm³/mol. The Morgan fingerprint density at radius 2 is 1.71 bits per heavy atom. The lowest BCUT2D eigenvalue weighted by Crippen LogP contribution is -2.28. The van der Waals surface area contributed by atoms with Crippen LogP contribution in [-0.2, 0) is 6.18 Å². The van der Waals surface area contributed by atoms with E-state index in [0.717, 1.165) is 12.1 Å². The average molecular weight is 481 g/mol. The number of ether oxygens (including phenoxy) is 2. The van der Waals surface area contributed by atoms with Gasteiger partial charge in [0.15, 0.2) is 11.5 Å². The molecule has 1 heterocycles. The molecule has 35 heavy (non-hydrogen) atoms. The number of pyridine rings is 1. The summed E-state index contributed by atoms with van der Waals surface area (Å²) in [5, 5.41) is 6.23. The second-order valence-electron chi connectivity index (χ2n) is 7.55. The van der Waals surface area contributed by atoms with Crippen molar-refractivity contribution in [1.82, 2.24) is 10.3 Å². The maximum absolute atomic E-state index is 13.1. The molecule has 9 heteroatoms. The second kappa shape index (κ2) is 10.3. The normalized spacial score (nSPS) is 11.2. The molecular formula is C26H22F3N3O3. The molecule has 4 aromatic rings. The van der Waals surface area contributed by atoms with E-state index in [4.69, 9.17) is 9.47 Å². The maximum Gasteiger partial charge on any atom is 0.416 e. The van der Waals surface area contributed by atoms with Gasteiger partial charge < -0.3 is 20.1 Å². The van der Waals surface area contributed by atoms with Crippen LogP contribution in [0.25, 0.3) is 10.9 Å². The minimum Gasteiger partial charge on any atom is -0.493 e. The van der Waals surface area contributed by atoms with Gasteiger partial charge in [-0.2, -0.15) is 13.2 Å². The zero-order chi connectivity index (χ0) is 24.8. The summed E-state index contributed by atoms with van der Waals surface area (Å²) in [6, 6.07) is 18.9. The molecule has 0 saturated heterocycles. The molecule has 0 unspecified atom stereocenters. The van der Waals surface area contributed by atoms with E-state index in [0.29, 0.717) is 45.9 Å². The monoisotopic (exact) mass is 481 g/mol. The Bertz CT molecular complexity index is 1320. The van der Waals surface area contributed by atoms with Crippen LogP contribution in [-0.4, -0.2) is 31.2 Å². The molecule has 0 aliphatic rings. The molecule has 0 atom stereocenters. The van der Waals surface area contributed by atoms with Gasteiger partial charge in [0.05, 0.1) is 24.7 Å². The minimum atomic E-state index is -4.45. The number of carbonyl (C=O) groups excluding carboxylic acids is 1. The fourth-order valence-electron chi connectivity index (χ4n) is 3.46.